The number of nitrogens with zero attached hydrogens (tertiary/aromatic N) is 1. The van der Waals surface area contributed by atoms with Crippen LogP contribution < -0.4 is 0 Å². The minimum atomic E-state index is 0.661. The van der Waals surface area contributed by atoms with Crippen molar-refractivity contribution in [1.29, 1.82) is 0 Å². The number of aryl methyl sites for hydroxylation is 1. The Morgan fingerprint density at radius 1 is 1.04 bits per heavy atom. The van der Waals surface area contributed by atoms with Gasteiger partial charge >= 0.3 is 0 Å². The molecule has 1 aliphatic rings. The maximum atomic E-state index is 2.36. The highest BCUT2D eigenvalue weighted by Crippen LogP contribution is 2.34. The Morgan fingerprint density at radius 2 is 1.88 bits per heavy atom. The second-order valence-electron chi connectivity index (χ2n) is 7.48. The number of hydrogen-bond acceptors (Lipinski definition) is 0. The zero-order chi connectivity index (χ0) is 17.4. The Bertz CT molecular complexity index is 982. The van der Waals surface area contributed by atoms with Crippen LogP contribution in [0.3, 0.4) is 0 Å². The van der Waals surface area contributed by atoms with Crippen LogP contribution in [0.4, 0.5) is 0 Å². The van der Waals surface area contributed by atoms with Crippen LogP contribution in [0.2, 0.25) is 0 Å². The van der Waals surface area contributed by atoms with Gasteiger partial charge in [0.25, 0.3) is 0 Å². The number of fused-ring (bicyclic) bond motifs is 1. The molecular formula is C24H25N. The van der Waals surface area contributed by atoms with Crippen LogP contribution >= 0.6 is 0 Å². The lowest BCUT2D eigenvalue weighted by molar-refractivity contribution is 0.535. The van der Waals surface area contributed by atoms with Gasteiger partial charge in [-0.3, -0.25) is 0 Å². The zero-order valence-corrected chi connectivity index (χ0v) is 15.3. The summed E-state index contributed by atoms with van der Waals surface area (Å²) in [4.78, 5) is 0. The van der Waals surface area contributed by atoms with Crippen molar-refractivity contribution < 1.29 is 0 Å². The molecule has 4 rings (SSSR count). The topological polar surface area (TPSA) is 4.93 Å². The molecule has 25 heavy (non-hydrogen) atoms. The summed E-state index contributed by atoms with van der Waals surface area (Å²) in [5, 5.41) is 1.34. The van der Waals surface area contributed by atoms with E-state index in [-0.39, 0.29) is 0 Å². The molecule has 2 aromatic carbocycles. The molecule has 0 fully saturated rings. The van der Waals surface area contributed by atoms with Crippen molar-refractivity contribution in [3.63, 3.8) is 0 Å². The third-order valence-corrected chi connectivity index (χ3v) is 5.03. The normalized spacial score (nSPS) is 14.2. The highest BCUT2D eigenvalue weighted by Gasteiger charge is 2.13. The average molecular weight is 327 g/mol. The van der Waals surface area contributed by atoms with Gasteiger partial charge in [0.2, 0.25) is 0 Å². The van der Waals surface area contributed by atoms with Crippen molar-refractivity contribution in [2.75, 3.05) is 0 Å². The molecule has 0 saturated carbocycles. The molecule has 0 radical (unpaired) electrons. The van der Waals surface area contributed by atoms with Crippen LogP contribution in [-0.2, 0) is 6.54 Å². The van der Waals surface area contributed by atoms with E-state index in [1.807, 2.05) is 0 Å². The molecule has 0 aliphatic heterocycles. The Balaban J connectivity index is 1.65. The minimum Gasteiger partial charge on any atom is -0.347 e. The number of benzene rings is 2. The lowest BCUT2D eigenvalue weighted by Gasteiger charge is -2.09. The van der Waals surface area contributed by atoms with Crippen LogP contribution in [0.1, 0.15) is 37.0 Å². The highest BCUT2D eigenvalue weighted by atomic mass is 15.0. The van der Waals surface area contributed by atoms with E-state index in [0.717, 1.165) is 13.0 Å². The second kappa shape index (κ2) is 6.40. The van der Waals surface area contributed by atoms with Crippen LogP contribution in [0.25, 0.3) is 22.0 Å². The van der Waals surface area contributed by atoms with Crippen molar-refractivity contribution in [3.8, 4) is 0 Å². The summed E-state index contributed by atoms with van der Waals surface area (Å²) in [5.41, 5.74) is 8.13. The highest BCUT2D eigenvalue weighted by molar-refractivity contribution is 5.92. The van der Waals surface area contributed by atoms with E-state index >= 15 is 0 Å². The van der Waals surface area contributed by atoms with Gasteiger partial charge in [0.15, 0.2) is 0 Å². The van der Waals surface area contributed by atoms with E-state index in [9.17, 15) is 0 Å². The molecule has 0 atom stereocenters. The van der Waals surface area contributed by atoms with Gasteiger partial charge in [-0.05, 0) is 65.3 Å². The molecular weight excluding hydrogens is 302 g/mol. The molecule has 1 heteroatoms. The van der Waals surface area contributed by atoms with E-state index in [0.29, 0.717) is 5.92 Å². The summed E-state index contributed by atoms with van der Waals surface area (Å²) in [6.07, 6.45) is 7.94. The Labute approximate surface area is 150 Å². The molecule has 1 aliphatic carbocycles. The number of allylic oxidation sites excluding steroid dienone is 4. The summed E-state index contributed by atoms with van der Waals surface area (Å²) in [5.74, 6) is 0.661. The lowest BCUT2D eigenvalue weighted by atomic mass is 10.0. The largest absolute Gasteiger partial charge is 0.347 e. The predicted octanol–water partition coefficient (Wildman–Crippen LogP) is 6.48. The van der Waals surface area contributed by atoms with E-state index in [2.05, 4.69) is 92.2 Å². The van der Waals surface area contributed by atoms with Crippen LogP contribution in [0.5, 0.6) is 0 Å². The van der Waals surface area contributed by atoms with Crippen molar-refractivity contribution in [2.45, 2.75) is 33.7 Å². The van der Waals surface area contributed by atoms with E-state index in [1.165, 1.54) is 38.7 Å². The molecule has 0 bridgehead atoms. The van der Waals surface area contributed by atoms with Crippen LogP contribution in [-0.4, -0.2) is 4.57 Å². The molecule has 3 aromatic rings. The monoisotopic (exact) mass is 327 g/mol. The van der Waals surface area contributed by atoms with E-state index in [1.54, 1.807) is 0 Å². The summed E-state index contributed by atoms with van der Waals surface area (Å²) in [6.45, 7) is 7.79. The maximum Gasteiger partial charge on any atom is 0.0480 e. The van der Waals surface area contributed by atoms with Crippen molar-refractivity contribution in [1.82, 2.24) is 4.57 Å². The summed E-state index contributed by atoms with van der Waals surface area (Å²) >= 11 is 0. The number of hydrogen-bond donors (Lipinski definition) is 0. The smallest absolute Gasteiger partial charge is 0.0480 e. The zero-order valence-electron chi connectivity index (χ0n) is 15.3. The predicted molar refractivity (Wildman–Crippen MR) is 109 cm³/mol. The first-order valence-electron chi connectivity index (χ1n) is 9.18. The van der Waals surface area contributed by atoms with Crippen molar-refractivity contribution in [3.05, 3.63) is 83.6 Å². The molecule has 0 saturated heterocycles. The minimum absolute atomic E-state index is 0.661. The van der Waals surface area contributed by atoms with E-state index in [4.69, 9.17) is 0 Å². The van der Waals surface area contributed by atoms with Gasteiger partial charge in [0, 0.05) is 23.6 Å². The molecule has 1 aromatic heterocycles. The summed E-state index contributed by atoms with van der Waals surface area (Å²) in [6, 6.07) is 17.8. The SMILES string of the molecule is Cc1ccccc1C1=CCC(c2ccc3c(ccn3CC(C)C)c2)=C1. The summed E-state index contributed by atoms with van der Waals surface area (Å²) in [7, 11) is 0. The van der Waals surface area contributed by atoms with Gasteiger partial charge in [-0.2, -0.15) is 0 Å². The molecule has 1 nitrogen and oxygen atoms in total. The fourth-order valence-corrected chi connectivity index (χ4v) is 3.76. The Morgan fingerprint density at radius 3 is 2.68 bits per heavy atom. The molecule has 0 amide bonds. The Kier molecular flexibility index (Phi) is 4.09. The van der Waals surface area contributed by atoms with Gasteiger partial charge in [-0.15, -0.1) is 0 Å². The standard InChI is InChI=1S/C24H25N/c1-17(2)16-25-13-12-22-15-20(10-11-24(22)25)19-8-9-21(14-19)23-7-5-4-6-18(23)3/h4-7,9-15,17H,8,16H2,1-3H3. The third kappa shape index (κ3) is 3.07. The first-order valence-corrected chi connectivity index (χ1v) is 9.18. The average Bonchev–Trinajstić information content (AvgIpc) is 3.22. The summed E-state index contributed by atoms with van der Waals surface area (Å²) < 4.78 is 2.36. The fraction of sp³-hybridized carbons (Fsp3) is 0.250. The molecule has 0 spiro atoms. The van der Waals surface area contributed by atoms with Crippen LogP contribution in [0, 0.1) is 12.8 Å². The third-order valence-electron chi connectivity index (χ3n) is 5.03. The van der Waals surface area contributed by atoms with Gasteiger partial charge in [0.05, 0.1) is 0 Å². The second-order valence-corrected chi connectivity index (χ2v) is 7.48. The first-order chi connectivity index (χ1) is 12.1. The Hall–Kier alpha value is -2.54. The van der Waals surface area contributed by atoms with Crippen molar-refractivity contribution in [2.24, 2.45) is 5.92 Å². The van der Waals surface area contributed by atoms with E-state index < -0.39 is 0 Å². The lowest BCUT2D eigenvalue weighted by Crippen LogP contribution is -2.02. The quantitative estimate of drug-likeness (QED) is 0.517. The fourth-order valence-electron chi connectivity index (χ4n) is 3.76. The number of rotatable bonds is 4. The first kappa shape index (κ1) is 16.0. The van der Waals surface area contributed by atoms with Gasteiger partial charge in [-0.25, -0.2) is 0 Å². The number of aromatic nitrogens is 1. The van der Waals surface area contributed by atoms with Crippen LogP contribution in [0.15, 0.2) is 66.9 Å². The molecule has 0 unspecified atom stereocenters. The van der Waals surface area contributed by atoms with Crippen molar-refractivity contribution >= 4 is 22.0 Å². The van der Waals surface area contributed by atoms with Gasteiger partial charge < -0.3 is 4.57 Å². The van der Waals surface area contributed by atoms with Gasteiger partial charge in [-0.1, -0.05) is 56.3 Å². The maximum absolute atomic E-state index is 2.36. The molecule has 1 heterocycles. The molecule has 126 valence electrons. The van der Waals surface area contributed by atoms with Gasteiger partial charge in [0.1, 0.15) is 0 Å². The molecule has 0 N–H and O–H groups in total.